The number of anilines is 1. The third-order valence-electron chi connectivity index (χ3n) is 6.39. The first-order valence-electron chi connectivity index (χ1n) is 13.1. The molecule has 0 atom stereocenters. The maximum absolute atomic E-state index is 12.6. The number of hydrogen-bond acceptors (Lipinski definition) is 8. The van der Waals surface area contributed by atoms with E-state index in [-0.39, 0.29) is 11.4 Å². The molecule has 3 N–H and O–H groups in total. The zero-order chi connectivity index (χ0) is 29.5. The Balaban J connectivity index is 1.31. The fourth-order valence-corrected chi connectivity index (χ4v) is 5.49. The second-order valence-electron chi connectivity index (χ2n) is 9.14. The molecule has 0 bridgehead atoms. The van der Waals surface area contributed by atoms with Crippen molar-refractivity contribution in [1.29, 1.82) is 0 Å². The van der Waals surface area contributed by atoms with Crippen LogP contribution in [0, 0.1) is 0 Å². The second-order valence-corrected chi connectivity index (χ2v) is 11.3. The minimum absolute atomic E-state index is 0.177. The van der Waals surface area contributed by atoms with Crippen molar-refractivity contribution in [2.45, 2.75) is 11.3 Å². The molecule has 5 rings (SSSR count). The van der Waals surface area contributed by atoms with Gasteiger partial charge in [-0.25, -0.2) is 28.1 Å². The lowest BCUT2D eigenvalue weighted by molar-refractivity contribution is 0.414. The van der Waals surface area contributed by atoms with Gasteiger partial charge in [0.15, 0.2) is 0 Å². The number of benzene rings is 3. The number of rotatable bonds is 12. The standard InChI is InChI=1S/C30H29ClN6O4S/c1-40-22-10-12-23(13-11-22)42(38,39)34-17-6-16-32-30-33-18-15-25(35-30)28-27(21-9-14-24(31)26(19-21)41-2)36-29(37-28)20-7-4-3-5-8-20/h3-5,7-15,18-19,34H,6,16-17H2,1-2H3,(H,36,37)(H,32,33,35). The quantitative estimate of drug-likeness (QED) is 0.156. The molecule has 0 spiro atoms. The zero-order valence-corrected chi connectivity index (χ0v) is 24.5. The van der Waals surface area contributed by atoms with E-state index in [0.717, 1.165) is 11.1 Å². The van der Waals surface area contributed by atoms with E-state index in [9.17, 15) is 8.42 Å². The average molecular weight is 605 g/mol. The minimum Gasteiger partial charge on any atom is -0.497 e. The van der Waals surface area contributed by atoms with Crippen LogP contribution in [0.3, 0.4) is 0 Å². The number of sulfonamides is 1. The minimum atomic E-state index is -3.63. The molecule has 12 heteroatoms. The third kappa shape index (κ3) is 6.71. The van der Waals surface area contributed by atoms with Crippen molar-refractivity contribution in [2.75, 3.05) is 32.6 Å². The SMILES string of the molecule is COc1ccc(S(=O)(=O)NCCCNc2nccc(-c3[nH]c(-c4ccccc4)nc3-c3ccc(Cl)c(OC)c3)n2)cc1. The number of imidazole rings is 1. The highest BCUT2D eigenvalue weighted by atomic mass is 35.5. The van der Waals surface area contributed by atoms with E-state index >= 15 is 0 Å². The largest absolute Gasteiger partial charge is 0.497 e. The monoisotopic (exact) mass is 604 g/mol. The molecule has 0 aliphatic carbocycles. The van der Waals surface area contributed by atoms with Crippen LogP contribution in [0.2, 0.25) is 5.02 Å². The molecule has 0 aliphatic rings. The Bertz CT molecular complexity index is 1760. The fourth-order valence-electron chi connectivity index (χ4n) is 4.22. The lowest BCUT2D eigenvalue weighted by Crippen LogP contribution is -2.26. The maximum atomic E-state index is 12.6. The first-order chi connectivity index (χ1) is 20.4. The van der Waals surface area contributed by atoms with Crippen LogP contribution in [0.1, 0.15) is 6.42 Å². The van der Waals surface area contributed by atoms with E-state index in [0.29, 0.717) is 58.3 Å². The summed E-state index contributed by atoms with van der Waals surface area (Å²) in [7, 11) is -0.529. The molecule has 0 radical (unpaired) electrons. The van der Waals surface area contributed by atoms with E-state index < -0.39 is 10.0 Å². The summed E-state index contributed by atoms with van der Waals surface area (Å²) < 4.78 is 38.2. The van der Waals surface area contributed by atoms with Gasteiger partial charge in [0.05, 0.1) is 41.2 Å². The van der Waals surface area contributed by atoms with E-state index in [1.807, 2.05) is 42.5 Å². The van der Waals surface area contributed by atoms with Gasteiger partial charge in [-0.1, -0.05) is 48.0 Å². The lowest BCUT2D eigenvalue weighted by atomic mass is 10.1. The summed E-state index contributed by atoms with van der Waals surface area (Å²) in [6.45, 7) is 0.693. The molecule has 42 heavy (non-hydrogen) atoms. The van der Waals surface area contributed by atoms with Gasteiger partial charge in [0.2, 0.25) is 16.0 Å². The molecule has 2 aromatic heterocycles. The number of hydrogen-bond donors (Lipinski definition) is 3. The van der Waals surface area contributed by atoms with Gasteiger partial charge in [0.25, 0.3) is 0 Å². The van der Waals surface area contributed by atoms with Gasteiger partial charge >= 0.3 is 0 Å². The Morgan fingerprint density at radius 3 is 2.40 bits per heavy atom. The molecule has 3 aromatic carbocycles. The van der Waals surface area contributed by atoms with Crippen molar-refractivity contribution in [3.8, 4) is 45.5 Å². The summed E-state index contributed by atoms with van der Waals surface area (Å²) >= 11 is 6.28. The van der Waals surface area contributed by atoms with E-state index in [1.165, 1.54) is 19.2 Å². The van der Waals surface area contributed by atoms with Crippen molar-refractivity contribution in [3.05, 3.63) is 90.1 Å². The Labute approximate surface area is 249 Å². The van der Waals surface area contributed by atoms with Crippen molar-refractivity contribution in [3.63, 3.8) is 0 Å². The lowest BCUT2D eigenvalue weighted by Gasteiger charge is -2.09. The van der Waals surface area contributed by atoms with Crippen molar-refractivity contribution >= 4 is 27.6 Å². The van der Waals surface area contributed by atoms with Crippen molar-refractivity contribution in [1.82, 2.24) is 24.7 Å². The maximum Gasteiger partial charge on any atom is 0.240 e. The third-order valence-corrected chi connectivity index (χ3v) is 8.17. The van der Waals surface area contributed by atoms with Gasteiger partial charge in [0.1, 0.15) is 17.3 Å². The molecule has 5 aromatic rings. The van der Waals surface area contributed by atoms with Gasteiger partial charge in [-0.3, -0.25) is 0 Å². The Morgan fingerprint density at radius 2 is 1.67 bits per heavy atom. The number of aromatic nitrogens is 4. The van der Waals surface area contributed by atoms with Crippen LogP contribution < -0.4 is 19.5 Å². The Hall–Kier alpha value is -4.45. The molecule has 0 unspecified atom stereocenters. The predicted octanol–water partition coefficient (Wildman–Crippen LogP) is 5.65. The highest BCUT2D eigenvalue weighted by molar-refractivity contribution is 7.89. The first-order valence-corrected chi connectivity index (χ1v) is 14.9. The van der Waals surface area contributed by atoms with Crippen LogP contribution in [0.15, 0.2) is 90.0 Å². The number of H-pyrrole nitrogens is 1. The summed E-state index contributed by atoms with van der Waals surface area (Å²) in [4.78, 5) is 17.5. The summed E-state index contributed by atoms with van der Waals surface area (Å²) in [5.74, 6) is 2.22. The van der Waals surface area contributed by atoms with Gasteiger partial charge in [-0.05, 0) is 48.9 Å². The second kappa shape index (κ2) is 13.0. The topological polar surface area (TPSA) is 131 Å². The molecule has 0 fully saturated rings. The summed E-state index contributed by atoms with van der Waals surface area (Å²) in [5.41, 5.74) is 3.75. The van der Waals surface area contributed by atoms with Crippen LogP contribution >= 0.6 is 11.6 Å². The van der Waals surface area contributed by atoms with Gasteiger partial charge in [0, 0.05) is 30.4 Å². The number of ether oxygens (including phenoxy) is 2. The Morgan fingerprint density at radius 1 is 0.881 bits per heavy atom. The smallest absolute Gasteiger partial charge is 0.240 e. The average Bonchev–Trinajstić information content (AvgIpc) is 3.47. The van der Waals surface area contributed by atoms with Crippen molar-refractivity contribution < 1.29 is 17.9 Å². The highest BCUT2D eigenvalue weighted by Gasteiger charge is 2.18. The summed E-state index contributed by atoms with van der Waals surface area (Å²) in [6.07, 6.45) is 2.17. The zero-order valence-electron chi connectivity index (χ0n) is 23.0. The number of halogens is 1. The number of nitrogens with one attached hydrogen (secondary N) is 3. The fraction of sp³-hybridized carbons (Fsp3) is 0.167. The van der Waals surface area contributed by atoms with E-state index in [2.05, 4.69) is 20.0 Å². The molecular formula is C30H29ClN6O4S. The van der Waals surface area contributed by atoms with E-state index in [4.69, 9.17) is 31.0 Å². The molecule has 2 heterocycles. The van der Waals surface area contributed by atoms with Gasteiger partial charge in [-0.2, -0.15) is 0 Å². The number of aromatic amines is 1. The predicted molar refractivity (Wildman–Crippen MR) is 163 cm³/mol. The number of nitrogens with zero attached hydrogens (tertiary/aromatic N) is 3. The van der Waals surface area contributed by atoms with Crippen molar-refractivity contribution in [2.24, 2.45) is 0 Å². The molecule has 0 saturated heterocycles. The summed E-state index contributed by atoms with van der Waals surface area (Å²) in [5, 5.41) is 3.68. The molecular weight excluding hydrogens is 576 g/mol. The molecule has 10 nitrogen and oxygen atoms in total. The first kappa shape index (κ1) is 29.1. The van der Waals surface area contributed by atoms with Crippen LogP contribution in [0.5, 0.6) is 11.5 Å². The molecule has 0 aliphatic heterocycles. The van der Waals surface area contributed by atoms with E-state index in [1.54, 1.807) is 37.6 Å². The molecule has 0 saturated carbocycles. The molecule has 216 valence electrons. The van der Waals surface area contributed by atoms with Gasteiger partial charge in [-0.15, -0.1) is 0 Å². The molecule has 0 amide bonds. The highest BCUT2D eigenvalue weighted by Crippen LogP contribution is 2.36. The van der Waals surface area contributed by atoms with Crippen LogP contribution in [0.4, 0.5) is 5.95 Å². The van der Waals surface area contributed by atoms with Crippen LogP contribution in [-0.2, 0) is 10.0 Å². The summed E-state index contributed by atoms with van der Waals surface area (Å²) in [6, 6.07) is 23.3. The normalized spacial score (nSPS) is 11.3. The number of methoxy groups -OCH3 is 2. The Kier molecular flexibility index (Phi) is 9.01. The van der Waals surface area contributed by atoms with Crippen LogP contribution in [-0.4, -0.2) is 55.7 Å². The van der Waals surface area contributed by atoms with Gasteiger partial charge < -0.3 is 19.8 Å². The van der Waals surface area contributed by atoms with Crippen LogP contribution in [0.25, 0.3) is 34.0 Å².